The van der Waals surface area contributed by atoms with E-state index in [1.807, 2.05) is 37.3 Å². The van der Waals surface area contributed by atoms with Crippen LogP contribution in [-0.2, 0) is 9.53 Å². The third-order valence-corrected chi connectivity index (χ3v) is 3.23. The molecule has 1 aliphatic heterocycles. The summed E-state index contributed by atoms with van der Waals surface area (Å²) in [6.45, 7) is 1.85. The molecule has 1 saturated heterocycles. The number of hydrogen-bond acceptors (Lipinski definition) is 3. The lowest BCUT2D eigenvalue weighted by Gasteiger charge is -2.19. The fourth-order valence-electron chi connectivity index (χ4n) is 2.18. The van der Waals surface area contributed by atoms with Crippen LogP contribution in [0.15, 0.2) is 30.3 Å². The van der Waals surface area contributed by atoms with Gasteiger partial charge in [0.1, 0.15) is 6.10 Å². The summed E-state index contributed by atoms with van der Waals surface area (Å²) in [4.78, 5) is 12.0. The van der Waals surface area contributed by atoms with Crippen molar-refractivity contribution in [2.75, 3.05) is 6.61 Å². The Morgan fingerprint density at radius 2 is 2.17 bits per heavy atom. The molecule has 3 atom stereocenters. The molecule has 0 radical (unpaired) electrons. The normalized spacial score (nSPS) is 24.8. The molecule has 1 amide bonds. The number of rotatable bonds is 4. The molecule has 2 unspecified atom stereocenters. The van der Waals surface area contributed by atoms with Gasteiger partial charge in [-0.05, 0) is 25.3 Å². The molecule has 0 aromatic heterocycles. The van der Waals surface area contributed by atoms with Crippen LogP contribution in [0, 0.1) is 0 Å². The van der Waals surface area contributed by atoms with Crippen LogP contribution >= 0.6 is 0 Å². The highest BCUT2D eigenvalue weighted by molar-refractivity contribution is 5.81. The van der Waals surface area contributed by atoms with Crippen LogP contribution in [0.1, 0.15) is 31.4 Å². The first-order valence-electron chi connectivity index (χ1n) is 6.32. The molecular formula is C14H19NO3. The largest absolute Gasteiger partial charge is 0.394 e. The summed E-state index contributed by atoms with van der Waals surface area (Å²) < 4.78 is 5.51. The van der Waals surface area contributed by atoms with E-state index in [2.05, 4.69) is 5.32 Å². The van der Waals surface area contributed by atoms with Gasteiger partial charge < -0.3 is 15.2 Å². The van der Waals surface area contributed by atoms with E-state index in [1.165, 1.54) is 0 Å². The molecule has 1 fully saturated rings. The maximum atomic E-state index is 12.0. The summed E-state index contributed by atoms with van der Waals surface area (Å²) in [7, 11) is 0. The molecule has 4 nitrogen and oxygen atoms in total. The molecule has 1 aromatic rings. The van der Waals surface area contributed by atoms with Gasteiger partial charge in [-0.3, -0.25) is 4.79 Å². The van der Waals surface area contributed by atoms with Crippen molar-refractivity contribution in [1.29, 1.82) is 0 Å². The van der Waals surface area contributed by atoms with Crippen molar-refractivity contribution >= 4 is 5.91 Å². The third-order valence-electron chi connectivity index (χ3n) is 3.23. The van der Waals surface area contributed by atoms with Gasteiger partial charge in [0.25, 0.3) is 0 Å². The van der Waals surface area contributed by atoms with Gasteiger partial charge >= 0.3 is 0 Å². The van der Waals surface area contributed by atoms with Crippen LogP contribution in [0.4, 0.5) is 0 Å². The Bertz CT molecular complexity index is 393. The van der Waals surface area contributed by atoms with Crippen molar-refractivity contribution < 1.29 is 14.6 Å². The highest BCUT2D eigenvalue weighted by Gasteiger charge is 2.29. The zero-order chi connectivity index (χ0) is 13.0. The quantitative estimate of drug-likeness (QED) is 0.848. The Morgan fingerprint density at radius 3 is 2.72 bits per heavy atom. The molecule has 4 heteroatoms. The van der Waals surface area contributed by atoms with Gasteiger partial charge in [0, 0.05) is 0 Å². The lowest BCUT2D eigenvalue weighted by atomic mass is 10.1. The van der Waals surface area contributed by atoms with Gasteiger partial charge in [-0.2, -0.15) is 0 Å². The fraction of sp³-hybridized carbons (Fsp3) is 0.500. The van der Waals surface area contributed by atoms with E-state index in [4.69, 9.17) is 4.74 Å². The van der Waals surface area contributed by atoms with E-state index in [1.54, 1.807) is 0 Å². The van der Waals surface area contributed by atoms with E-state index in [0.29, 0.717) is 0 Å². The maximum absolute atomic E-state index is 12.0. The van der Waals surface area contributed by atoms with Crippen molar-refractivity contribution in [2.24, 2.45) is 0 Å². The van der Waals surface area contributed by atoms with Gasteiger partial charge in [0.05, 0.1) is 18.8 Å². The Labute approximate surface area is 107 Å². The molecule has 0 bridgehead atoms. The zero-order valence-corrected chi connectivity index (χ0v) is 10.5. The topological polar surface area (TPSA) is 58.6 Å². The van der Waals surface area contributed by atoms with E-state index < -0.39 is 0 Å². The summed E-state index contributed by atoms with van der Waals surface area (Å²) >= 11 is 0. The van der Waals surface area contributed by atoms with Crippen LogP contribution in [0.3, 0.4) is 0 Å². The molecule has 2 rings (SSSR count). The van der Waals surface area contributed by atoms with Crippen LogP contribution < -0.4 is 5.32 Å². The van der Waals surface area contributed by atoms with Crippen LogP contribution in [0.2, 0.25) is 0 Å². The maximum Gasteiger partial charge on any atom is 0.249 e. The van der Waals surface area contributed by atoms with E-state index in [0.717, 1.165) is 18.4 Å². The van der Waals surface area contributed by atoms with E-state index in [9.17, 15) is 9.90 Å². The first-order valence-corrected chi connectivity index (χ1v) is 6.32. The lowest BCUT2D eigenvalue weighted by Crippen LogP contribution is -2.38. The summed E-state index contributed by atoms with van der Waals surface area (Å²) in [6.07, 6.45) is 1.43. The predicted molar refractivity (Wildman–Crippen MR) is 68.0 cm³/mol. The minimum absolute atomic E-state index is 0.113. The van der Waals surface area contributed by atoms with E-state index >= 15 is 0 Å². The first-order chi connectivity index (χ1) is 8.70. The molecule has 18 heavy (non-hydrogen) atoms. The smallest absolute Gasteiger partial charge is 0.249 e. The number of carbonyl (C=O) groups excluding carboxylic acids is 1. The Balaban J connectivity index is 1.96. The van der Waals surface area contributed by atoms with Gasteiger partial charge in [-0.25, -0.2) is 0 Å². The third kappa shape index (κ3) is 3.09. The second-order valence-corrected chi connectivity index (χ2v) is 4.67. The standard InChI is InChI=1S/C14H19NO3/c1-10-7-8-13(18-10)14(17)15-12(9-16)11-5-3-2-4-6-11/h2-6,10,12-13,16H,7-9H2,1H3,(H,15,17)/t10?,12-,13?/m0/s1. The first kappa shape index (κ1) is 13.1. The van der Waals surface area contributed by atoms with E-state index in [-0.39, 0.29) is 30.8 Å². The second-order valence-electron chi connectivity index (χ2n) is 4.67. The number of amides is 1. The Kier molecular flexibility index (Phi) is 4.33. The molecule has 1 aliphatic rings. The van der Waals surface area contributed by atoms with Gasteiger partial charge in [-0.15, -0.1) is 0 Å². The second kappa shape index (κ2) is 5.98. The van der Waals surface area contributed by atoms with Crippen molar-refractivity contribution in [1.82, 2.24) is 5.32 Å². The molecule has 98 valence electrons. The van der Waals surface area contributed by atoms with Crippen molar-refractivity contribution in [3.63, 3.8) is 0 Å². The monoisotopic (exact) mass is 249 g/mol. The number of nitrogens with one attached hydrogen (secondary N) is 1. The van der Waals surface area contributed by atoms with Crippen LogP contribution in [0.5, 0.6) is 0 Å². The molecule has 2 N–H and O–H groups in total. The highest BCUT2D eigenvalue weighted by atomic mass is 16.5. The summed E-state index contributed by atoms with van der Waals surface area (Å²) in [5.74, 6) is -0.137. The zero-order valence-electron chi connectivity index (χ0n) is 10.5. The van der Waals surface area contributed by atoms with Gasteiger partial charge in [0.15, 0.2) is 0 Å². The Hall–Kier alpha value is -1.39. The average Bonchev–Trinajstić information content (AvgIpc) is 2.83. The van der Waals surface area contributed by atoms with Crippen LogP contribution in [0.25, 0.3) is 0 Å². The molecule has 0 aliphatic carbocycles. The number of carbonyl (C=O) groups is 1. The van der Waals surface area contributed by atoms with Gasteiger partial charge in [0.2, 0.25) is 5.91 Å². The number of aliphatic hydroxyl groups is 1. The van der Waals surface area contributed by atoms with Crippen molar-refractivity contribution in [3.05, 3.63) is 35.9 Å². The molecular weight excluding hydrogens is 230 g/mol. The summed E-state index contributed by atoms with van der Waals surface area (Å²) in [5.41, 5.74) is 0.902. The number of aliphatic hydroxyl groups excluding tert-OH is 1. The summed E-state index contributed by atoms with van der Waals surface area (Å²) in [5, 5.41) is 12.2. The molecule has 0 saturated carbocycles. The average molecular weight is 249 g/mol. The van der Waals surface area contributed by atoms with Crippen LogP contribution in [-0.4, -0.2) is 29.8 Å². The van der Waals surface area contributed by atoms with Gasteiger partial charge in [-0.1, -0.05) is 30.3 Å². The molecule has 1 heterocycles. The SMILES string of the molecule is CC1CCC(C(=O)N[C@@H](CO)c2ccccc2)O1. The summed E-state index contributed by atoms with van der Waals surface area (Å²) in [6, 6.07) is 9.09. The minimum Gasteiger partial charge on any atom is -0.394 e. The van der Waals surface area contributed by atoms with Crippen molar-refractivity contribution in [3.8, 4) is 0 Å². The lowest BCUT2D eigenvalue weighted by molar-refractivity contribution is -0.132. The minimum atomic E-state index is -0.377. The highest BCUT2D eigenvalue weighted by Crippen LogP contribution is 2.20. The number of hydrogen-bond donors (Lipinski definition) is 2. The number of benzene rings is 1. The molecule has 0 spiro atoms. The number of ether oxygens (including phenoxy) is 1. The molecule has 1 aromatic carbocycles. The van der Waals surface area contributed by atoms with Crippen molar-refractivity contribution in [2.45, 2.75) is 38.0 Å². The fourth-order valence-corrected chi connectivity index (χ4v) is 2.18. The predicted octanol–water partition coefficient (Wildman–Crippen LogP) is 1.40. The Morgan fingerprint density at radius 1 is 1.44 bits per heavy atom.